The fourth-order valence-electron chi connectivity index (χ4n) is 0.840. The minimum Gasteiger partial charge on any atom is -0.355 e. The first kappa shape index (κ1) is 16.5. The van der Waals surface area contributed by atoms with E-state index in [4.69, 9.17) is 5.73 Å². The van der Waals surface area contributed by atoms with Gasteiger partial charge < -0.3 is 11.1 Å². The maximum absolute atomic E-state index is 11.3. The summed E-state index contributed by atoms with van der Waals surface area (Å²) in [5.41, 5.74) is 5.65. The molecule has 1 amide bonds. The molecule has 3 N–H and O–H groups in total. The molecule has 0 bridgehead atoms. The van der Waals surface area contributed by atoms with Gasteiger partial charge in [-0.1, -0.05) is 20.3 Å². The Hall–Kier alpha value is 0.0700. The highest BCUT2D eigenvalue weighted by Gasteiger charge is 2.11. The maximum Gasteiger partial charge on any atom is 0.237 e. The number of rotatable bonds is 7. The third-order valence-electron chi connectivity index (χ3n) is 1.67. The molecule has 0 aromatic rings. The molecule has 0 rings (SSSR count). The van der Waals surface area contributed by atoms with Crippen LogP contribution >= 0.6 is 24.2 Å². The third kappa shape index (κ3) is 8.66. The highest BCUT2D eigenvalue weighted by molar-refractivity contribution is 7.99. The largest absolute Gasteiger partial charge is 0.355 e. The van der Waals surface area contributed by atoms with E-state index in [9.17, 15) is 4.79 Å². The summed E-state index contributed by atoms with van der Waals surface area (Å²) in [6.07, 6.45) is 2.12. The van der Waals surface area contributed by atoms with Crippen molar-refractivity contribution in [2.45, 2.75) is 32.7 Å². The number of unbranched alkanes of at least 4 members (excludes halogenated alkanes) is 1. The summed E-state index contributed by atoms with van der Waals surface area (Å²) in [6, 6.07) is -0.346. The van der Waals surface area contributed by atoms with Crippen LogP contribution in [0.15, 0.2) is 0 Å². The number of hydrogen-bond donors (Lipinski definition) is 2. The van der Waals surface area contributed by atoms with Crippen molar-refractivity contribution in [1.82, 2.24) is 5.32 Å². The number of thioether (sulfide) groups is 1. The second kappa shape index (κ2) is 11.1. The fourth-order valence-corrected chi connectivity index (χ4v) is 1.48. The molecule has 0 radical (unpaired) electrons. The van der Waals surface area contributed by atoms with E-state index in [-0.39, 0.29) is 24.4 Å². The van der Waals surface area contributed by atoms with Gasteiger partial charge in [-0.25, -0.2) is 0 Å². The number of carbonyl (C=O) groups is 1. The van der Waals surface area contributed by atoms with Gasteiger partial charge in [-0.3, -0.25) is 4.79 Å². The van der Waals surface area contributed by atoms with Gasteiger partial charge in [0.1, 0.15) is 0 Å². The van der Waals surface area contributed by atoms with Crippen LogP contribution in [-0.4, -0.2) is 30.0 Å². The van der Waals surface area contributed by atoms with Crippen LogP contribution in [0.4, 0.5) is 0 Å². The molecule has 0 fully saturated rings. The van der Waals surface area contributed by atoms with Crippen molar-refractivity contribution in [3.63, 3.8) is 0 Å². The monoisotopic (exact) mass is 240 g/mol. The molecular weight excluding hydrogens is 220 g/mol. The highest BCUT2D eigenvalue weighted by atomic mass is 35.5. The molecule has 3 nitrogen and oxygen atoms in total. The lowest BCUT2D eigenvalue weighted by molar-refractivity contribution is -0.121. The van der Waals surface area contributed by atoms with E-state index in [0.717, 1.165) is 25.1 Å². The molecule has 0 spiro atoms. The Morgan fingerprint density at radius 1 is 1.50 bits per heavy atom. The molecule has 0 aromatic heterocycles. The van der Waals surface area contributed by atoms with Gasteiger partial charge in [0.25, 0.3) is 0 Å². The summed E-state index contributed by atoms with van der Waals surface area (Å²) in [7, 11) is 0. The Labute approximate surface area is 97.0 Å². The summed E-state index contributed by atoms with van der Waals surface area (Å²) in [4.78, 5) is 11.3. The van der Waals surface area contributed by atoms with E-state index >= 15 is 0 Å². The molecule has 0 unspecified atom stereocenters. The van der Waals surface area contributed by atoms with Crippen LogP contribution in [0.1, 0.15) is 26.7 Å². The minimum absolute atomic E-state index is 0. The zero-order valence-corrected chi connectivity index (χ0v) is 10.5. The van der Waals surface area contributed by atoms with Gasteiger partial charge in [-0.15, -0.1) is 12.4 Å². The Kier molecular flexibility index (Phi) is 13.1. The van der Waals surface area contributed by atoms with E-state index in [1.165, 1.54) is 0 Å². The first-order valence-corrected chi connectivity index (χ1v) is 5.98. The normalized spacial score (nSPS) is 11.6. The molecule has 0 heterocycles. The van der Waals surface area contributed by atoms with Crippen LogP contribution in [0.2, 0.25) is 0 Å². The van der Waals surface area contributed by atoms with Crippen LogP contribution in [0.3, 0.4) is 0 Å². The van der Waals surface area contributed by atoms with Gasteiger partial charge in [0.2, 0.25) is 5.91 Å². The lowest BCUT2D eigenvalue weighted by atomic mass is 10.3. The molecular formula is C9H21ClN2OS. The lowest BCUT2D eigenvalue weighted by Gasteiger charge is -2.10. The van der Waals surface area contributed by atoms with E-state index < -0.39 is 0 Å². The van der Waals surface area contributed by atoms with Gasteiger partial charge in [0, 0.05) is 12.3 Å². The molecule has 5 heteroatoms. The van der Waals surface area contributed by atoms with Crippen LogP contribution in [-0.2, 0) is 4.79 Å². The molecule has 1 atom stereocenters. The molecule has 0 aliphatic rings. The molecule has 0 saturated heterocycles. The summed E-state index contributed by atoms with van der Waals surface area (Å²) < 4.78 is 0. The van der Waals surface area contributed by atoms with Gasteiger partial charge in [0.15, 0.2) is 0 Å². The smallest absolute Gasteiger partial charge is 0.237 e. The maximum atomic E-state index is 11.3. The number of hydrogen-bond acceptors (Lipinski definition) is 3. The Morgan fingerprint density at radius 2 is 2.14 bits per heavy atom. The van der Waals surface area contributed by atoms with Crippen molar-refractivity contribution in [1.29, 1.82) is 0 Å². The summed E-state index contributed by atoms with van der Waals surface area (Å²) in [6.45, 7) is 4.91. The van der Waals surface area contributed by atoms with Crippen LogP contribution in [0.25, 0.3) is 0 Å². The molecule has 0 saturated carbocycles. The quantitative estimate of drug-likeness (QED) is 0.662. The highest BCUT2D eigenvalue weighted by Crippen LogP contribution is 1.99. The topological polar surface area (TPSA) is 55.1 Å². The van der Waals surface area contributed by atoms with Gasteiger partial charge in [-0.05, 0) is 12.2 Å². The number of nitrogens with two attached hydrogens (primary N) is 1. The Morgan fingerprint density at radius 3 is 2.64 bits per heavy atom. The number of carbonyl (C=O) groups excluding carboxylic acids is 1. The predicted octanol–water partition coefficient (Wildman–Crippen LogP) is 1.40. The van der Waals surface area contributed by atoms with Gasteiger partial charge in [-0.2, -0.15) is 11.8 Å². The fraction of sp³-hybridized carbons (Fsp3) is 0.889. The SMILES string of the molecule is CCCCNC(=O)[C@@H](N)CSCC.Cl. The third-order valence-corrected chi connectivity index (χ3v) is 2.67. The first-order chi connectivity index (χ1) is 6.22. The van der Waals surface area contributed by atoms with Gasteiger partial charge in [0.05, 0.1) is 6.04 Å². The van der Waals surface area contributed by atoms with E-state index in [0.29, 0.717) is 5.75 Å². The number of halogens is 1. The number of amides is 1. The van der Waals surface area contributed by atoms with Crippen LogP contribution < -0.4 is 11.1 Å². The van der Waals surface area contributed by atoms with E-state index in [1.54, 1.807) is 11.8 Å². The number of nitrogens with one attached hydrogen (secondary N) is 1. The van der Waals surface area contributed by atoms with Crippen molar-refractivity contribution >= 4 is 30.1 Å². The molecule has 0 aliphatic carbocycles. The molecule has 86 valence electrons. The Bertz CT molecular complexity index is 147. The molecule has 0 aromatic carbocycles. The first-order valence-electron chi connectivity index (χ1n) is 4.83. The lowest BCUT2D eigenvalue weighted by Crippen LogP contribution is -2.42. The summed E-state index contributed by atoms with van der Waals surface area (Å²) in [5.74, 6) is 1.71. The van der Waals surface area contributed by atoms with E-state index in [2.05, 4.69) is 19.2 Å². The predicted molar refractivity (Wildman–Crippen MR) is 66.1 cm³/mol. The standard InChI is InChI=1S/C9H20N2OS.ClH/c1-3-5-6-11-9(12)8(10)7-13-4-2;/h8H,3-7,10H2,1-2H3,(H,11,12);1H/t8-;/m0./s1. The summed E-state index contributed by atoms with van der Waals surface area (Å²) in [5, 5.41) is 2.81. The average Bonchev–Trinajstić information content (AvgIpc) is 2.14. The second-order valence-electron chi connectivity index (χ2n) is 2.91. The van der Waals surface area contributed by atoms with E-state index in [1.807, 2.05) is 0 Å². The minimum atomic E-state index is -0.346. The summed E-state index contributed by atoms with van der Waals surface area (Å²) >= 11 is 1.70. The van der Waals surface area contributed by atoms with Crippen molar-refractivity contribution in [3.05, 3.63) is 0 Å². The van der Waals surface area contributed by atoms with Crippen molar-refractivity contribution < 1.29 is 4.79 Å². The zero-order valence-electron chi connectivity index (χ0n) is 8.91. The van der Waals surface area contributed by atoms with Crippen molar-refractivity contribution in [3.8, 4) is 0 Å². The Balaban J connectivity index is 0. The van der Waals surface area contributed by atoms with Crippen molar-refractivity contribution in [2.75, 3.05) is 18.1 Å². The zero-order chi connectivity index (χ0) is 10.1. The molecule has 0 aliphatic heterocycles. The molecule has 14 heavy (non-hydrogen) atoms. The second-order valence-corrected chi connectivity index (χ2v) is 4.23. The average molecular weight is 241 g/mol. The van der Waals surface area contributed by atoms with Crippen LogP contribution in [0, 0.1) is 0 Å². The van der Waals surface area contributed by atoms with Crippen molar-refractivity contribution in [2.24, 2.45) is 5.73 Å². The van der Waals surface area contributed by atoms with Crippen LogP contribution in [0.5, 0.6) is 0 Å². The van der Waals surface area contributed by atoms with Gasteiger partial charge >= 0.3 is 0 Å².